The maximum atomic E-state index is 12.2. The molecule has 0 spiro atoms. The normalized spacial score (nSPS) is 24.1. The van der Waals surface area contributed by atoms with Crippen molar-refractivity contribution >= 4 is 0 Å². The first-order chi connectivity index (χ1) is 9.48. The third-order valence-corrected chi connectivity index (χ3v) is 3.40. The van der Waals surface area contributed by atoms with E-state index in [2.05, 4.69) is 10.1 Å². The monoisotopic (exact) mass is 287 g/mol. The van der Waals surface area contributed by atoms with E-state index in [0.29, 0.717) is 26.2 Å². The zero-order chi connectivity index (χ0) is 14.6. The van der Waals surface area contributed by atoms with Gasteiger partial charge in [-0.3, -0.25) is 0 Å². The van der Waals surface area contributed by atoms with E-state index in [4.69, 9.17) is 4.74 Å². The predicted molar refractivity (Wildman–Crippen MR) is 69.9 cm³/mol. The molecule has 0 unspecified atom stereocenters. The van der Waals surface area contributed by atoms with Crippen LogP contribution in [-0.2, 0) is 4.74 Å². The van der Waals surface area contributed by atoms with Gasteiger partial charge in [-0.2, -0.15) is 8.78 Å². The Kier molecular flexibility index (Phi) is 4.91. The third-order valence-electron chi connectivity index (χ3n) is 3.40. The molecule has 0 aliphatic carbocycles. The van der Waals surface area contributed by atoms with Crippen LogP contribution in [0.25, 0.3) is 0 Å². The van der Waals surface area contributed by atoms with E-state index in [1.807, 2.05) is 13.0 Å². The minimum atomic E-state index is -2.83. The van der Waals surface area contributed by atoms with Crippen molar-refractivity contribution < 1.29 is 23.4 Å². The fourth-order valence-corrected chi connectivity index (χ4v) is 2.16. The maximum Gasteiger partial charge on any atom is 0.387 e. The lowest BCUT2D eigenvalue weighted by Crippen LogP contribution is -2.41. The molecule has 4 nitrogen and oxygen atoms in total. The summed E-state index contributed by atoms with van der Waals surface area (Å²) in [5, 5.41) is 13.3. The fourth-order valence-electron chi connectivity index (χ4n) is 2.16. The summed E-state index contributed by atoms with van der Waals surface area (Å²) in [6.45, 7) is 0.352. The molecule has 1 aliphatic heterocycles. The molecule has 20 heavy (non-hydrogen) atoms. The van der Waals surface area contributed by atoms with Crippen molar-refractivity contribution in [2.45, 2.75) is 31.6 Å². The van der Waals surface area contributed by atoms with Crippen molar-refractivity contribution in [1.82, 2.24) is 5.32 Å². The van der Waals surface area contributed by atoms with Gasteiger partial charge < -0.3 is 19.9 Å². The highest BCUT2D eigenvalue weighted by molar-refractivity contribution is 5.30. The highest BCUT2D eigenvalue weighted by Gasteiger charge is 2.32. The molecule has 1 fully saturated rings. The second kappa shape index (κ2) is 6.47. The van der Waals surface area contributed by atoms with Gasteiger partial charge in [0, 0.05) is 25.6 Å². The van der Waals surface area contributed by atoms with Crippen LogP contribution in [0.5, 0.6) is 5.75 Å². The summed E-state index contributed by atoms with van der Waals surface area (Å²) in [6.07, 6.45) is 0.598. The molecule has 2 N–H and O–H groups in total. The zero-order valence-electron chi connectivity index (χ0n) is 11.3. The molecule has 1 aromatic carbocycles. The molecule has 112 valence electrons. The first-order valence-electron chi connectivity index (χ1n) is 6.57. The first kappa shape index (κ1) is 15.2. The van der Waals surface area contributed by atoms with Crippen LogP contribution in [-0.4, -0.2) is 37.1 Å². The number of hydrogen-bond acceptors (Lipinski definition) is 4. The van der Waals surface area contributed by atoms with E-state index in [9.17, 15) is 13.9 Å². The molecule has 2 rings (SSSR count). The smallest absolute Gasteiger partial charge is 0.387 e. The van der Waals surface area contributed by atoms with Crippen LogP contribution in [0.15, 0.2) is 24.3 Å². The van der Waals surface area contributed by atoms with Gasteiger partial charge in [-0.05, 0) is 24.6 Å². The number of nitrogens with one attached hydrogen (secondary N) is 1. The number of aliphatic hydroxyl groups is 1. The van der Waals surface area contributed by atoms with Crippen LogP contribution >= 0.6 is 0 Å². The van der Waals surface area contributed by atoms with Crippen molar-refractivity contribution in [2.75, 3.05) is 19.8 Å². The van der Waals surface area contributed by atoms with Gasteiger partial charge in [-0.1, -0.05) is 12.1 Å². The molecule has 0 radical (unpaired) electrons. The van der Waals surface area contributed by atoms with Crippen molar-refractivity contribution in [3.8, 4) is 5.75 Å². The summed E-state index contributed by atoms with van der Waals surface area (Å²) in [5.41, 5.74) is -0.0172. The molecular weight excluding hydrogens is 268 g/mol. The van der Waals surface area contributed by atoms with Crippen LogP contribution in [0, 0.1) is 0 Å². The largest absolute Gasteiger partial charge is 0.435 e. The van der Waals surface area contributed by atoms with E-state index in [-0.39, 0.29) is 11.8 Å². The number of hydrogen-bond donors (Lipinski definition) is 2. The van der Waals surface area contributed by atoms with E-state index < -0.39 is 12.2 Å². The number of ether oxygens (including phenoxy) is 2. The van der Waals surface area contributed by atoms with Crippen LogP contribution < -0.4 is 10.1 Å². The molecule has 0 bridgehead atoms. The van der Waals surface area contributed by atoms with E-state index in [1.54, 1.807) is 12.1 Å². The molecule has 1 aromatic rings. The van der Waals surface area contributed by atoms with Crippen molar-refractivity contribution in [2.24, 2.45) is 0 Å². The molecule has 0 saturated carbocycles. The average Bonchev–Trinajstić information content (AvgIpc) is 2.83. The lowest BCUT2D eigenvalue weighted by atomic mass is 10.0. The summed E-state index contributed by atoms with van der Waals surface area (Å²) in [7, 11) is 0. The maximum absolute atomic E-state index is 12.2. The molecule has 0 amide bonds. The predicted octanol–water partition coefficient (Wildman–Crippen LogP) is 2.09. The molecule has 1 aliphatic rings. The number of benzene rings is 1. The van der Waals surface area contributed by atoms with E-state index >= 15 is 0 Å². The lowest BCUT2D eigenvalue weighted by Gasteiger charge is -2.24. The Bertz CT molecular complexity index is 436. The molecule has 6 heteroatoms. The van der Waals surface area contributed by atoms with Gasteiger partial charge in [-0.25, -0.2) is 0 Å². The Hall–Kier alpha value is -1.24. The summed E-state index contributed by atoms with van der Waals surface area (Å²) in [6, 6.07) is 6.46. The number of rotatable bonds is 6. The number of alkyl halides is 2. The third kappa shape index (κ3) is 4.13. The Labute approximate surface area is 116 Å². The Morgan fingerprint density at radius 2 is 2.30 bits per heavy atom. The van der Waals surface area contributed by atoms with Crippen molar-refractivity contribution in [3.05, 3.63) is 29.8 Å². The van der Waals surface area contributed by atoms with Crippen LogP contribution in [0.4, 0.5) is 8.78 Å². The van der Waals surface area contributed by atoms with Crippen molar-refractivity contribution in [1.29, 1.82) is 0 Å². The molecule has 1 saturated heterocycles. The van der Waals surface area contributed by atoms with Gasteiger partial charge in [0.2, 0.25) is 0 Å². The highest BCUT2D eigenvalue weighted by Crippen LogP contribution is 2.22. The molecule has 2 atom stereocenters. The lowest BCUT2D eigenvalue weighted by molar-refractivity contribution is -0.0499. The molecule has 1 heterocycles. The van der Waals surface area contributed by atoms with Gasteiger partial charge in [0.25, 0.3) is 0 Å². The van der Waals surface area contributed by atoms with Crippen LogP contribution in [0.2, 0.25) is 0 Å². The van der Waals surface area contributed by atoms with Crippen molar-refractivity contribution in [3.63, 3.8) is 0 Å². The van der Waals surface area contributed by atoms with Gasteiger partial charge >= 0.3 is 6.61 Å². The summed E-state index contributed by atoms with van der Waals surface area (Å²) in [4.78, 5) is 0. The van der Waals surface area contributed by atoms with Gasteiger partial charge in [0.15, 0.2) is 0 Å². The van der Waals surface area contributed by atoms with Gasteiger partial charge in [0.1, 0.15) is 11.4 Å². The Morgan fingerprint density at radius 3 is 2.95 bits per heavy atom. The Balaban J connectivity index is 1.93. The van der Waals surface area contributed by atoms with Crippen LogP contribution in [0.3, 0.4) is 0 Å². The number of halogens is 2. The summed E-state index contributed by atoms with van der Waals surface area (Å²) >= 11 is 0. The van der Waals surface area contributed by atoms with E-state index in [1.165, 1.54) is 6.07 Å². The van der Waals surface area contributed by atoms with Gasteiger partial charge in [0.05, 0.1) is 6.61 Å². The minimum absolute atomic E-state index is 0.0825. The minimum Gasteiger partial charge on any atom is -0.435 e. The SMILES string of the molecule is C[C@H](NC[C@@]1(O)CCOC1)c1cccc(OC(F)F)c1. The van der Waals surface area contributed by atoms with Gasteiger partial charge in [-0.15, -0.1) is 0 Å². The second-order valence-electron chi connectivity index (χ2n) is 5.08. The summed E-state index contributed by atoms with van der Waals surface area (Å²) < 4.78 is 33.9. The quantitative estimate of drug-likeness (QED) is 0.841. The summed E-state index contributed by atoms with van der Waals surface area (Å²) in [5.74, 6) is 0.133. The Morgan fingerprint density at radius 1 is 1.50 bits per heavy atom. The van der Waals surface area contributed by atoms with Crippen LogP contribution in [0.1, 0.15) is 24.9 Å². The molecule has 0 aromatic heterocycles. The average molecular weight is 287 g/mol. The topological polar surface area (TPSA) is 50.7 Å². The first-order valence-corrected chi connectivity index (χ1v) is 6.57. The van der Waals surface area contributed by atoms with E-state index in [0.717, 1.165) is 5.56 Å². The standard InChI is InChI=1S/C14H19F2NO3/c1-10(17-8-14(18)5-6-19-9-14)11-3-2-4-12(7-11)20-13(15)16/h2-4,7,10,13,17-18H,5-6,8-9H2,1H3/t10-,14-/m0/s1. The molecular formula is C14H19F2NO3. The highest BCUT2D eigenvalue weighted by atomic mass is 19.3. The second-order valence-corrected chi connectivity index (χ2v) is 5.08. The fraction of sp³-hybridized carbons (Fsp3) is 0.571. The zero-order valence-corrected chi connectivity index (χ0v) is 11.3.